The molecule has 3 aromatic rings. The number of urea groups is 1. The number of likely N-dealkylation sites (N-methyl/N-ethyl adjacent to an activating group) is 1. The molecule has 0 unspecified atom stereocenters. The summed E-state index contributed by atoms with van der Waals surface area (Å²) in [5.41, 5.74) is 2.54. The summed E-state index contributed by atoms with van der Waals surface area (Å²) in [5.74, 6) is 1.68. The Labute approximate surface area is 251 Å². The maximum absolute atomic E-state index is 12.7. The number of nitrogens with one attached hydrogen (secondary N) is 3. The summed E-state index contributed by atoms with van der Waals surface area (Å²) >= 11 is 0. The zero-order valence-corrected chi connectivity index (χ0v) is 24.7. The fourth-order valence-corrected chi connectivity index (χ4v) is 4.67. The molecule has 228 valence electrons. The predicted octanol–water partition coefficient (Wildman–Crippen LogP) is 2.54. The highest BCUT2D eigenvalue weighted by Crippen LogP contribution is 2.24. The normalized spacial score (nSPS) is 15.6. The van der Waals surface area contributed by atoms with Gasteiger partial charge in [-0.1, -0.05) is 0 Å². The molecule has 13 nitrogen and oxygen atoms in total. The van der Waals surface area contributed by atoms with Gasteiger partial charge in [-0.15, -0.1) is 0 Å². The molecule has 5 rings (SSSR count). The molecule has 0 bridgehead atoms. The van der Waals surface area contributed by atoms with Crippen LogP contribution in [0.15, 0.2) is 48.5 Å². The van der Waals surface area contributed by atoms with Gasteiger partial charge in [-0.25, -0.2) is 4.79 Å². The summed E-state index contributed by atoms with van der Waals surface area (Å²) in [6.45, 7) is 6.91. The van der Waals surface area contributed by atoms with Gasteiger partial charge in [-0.3, -0.25) is 4.79 Å². The number of carbonyl (C=O) groups excluding carboxylic acids is 2. The number of benzene rings is 2. The fourth-order valence-electron chi connectivity index (χ4n) is 4.67. The topological polar surface area (TPSA) is 137 Å². The van der Waals surface area contributed by atoms with Crippen LogP contribution in [-0.2, 0) is 9.47 Å². The molecule has 0 aliphatic carbocycles. The number of aromatic nitrogens is 3. The lowest BCUT2D eigenvalue weighted by Gasteiger charge is -2.28. The number of anilines is 4. The van der Waals surface area contributed by atoms with Gasteiger partial charge in [-0.2, -0.15) is 15.0 Å². The minimum absolute atomic E-state index is 0.152. The summed E-state index contributed by atoms with van der Waals surface area (Å²) < 4.78 is 11.1. The number of hydrogen-bond acceptors (Lipinski definition) is 10. The van der Waals surface area contributed by atoms with E-state index in [0.29, 0.717) is 61.0 Å². The van der Waals surface area contributed by atoms with Crippen LogP contribution in [0.1, 0.15) is 16.8 Å². The van der Waals surface area contributed by atoms with Crippen molar-refractivity contribution in [2.45, 2.75) is 6.42 Å². The smallest absolute Gasteiger partial charge is 0.323 e. The first kappa shape index (κ1) is 30.1. The molecule has 2 fully saturated rings. The molecule has 0 saturated carbocycles. The second-order valence-corrected chi connectivity index (χ2v) is 10.6. The Hall–Kier alpha value is -4.33. The molecule has 2 aliphatic rings. The molecule has 2 aliphatic heterocycles. The first-order valence-corrected chi connectivity index (χ1v) is 14.6. The van der Waals surface area contributed by atoms with E-state index in [1.165, 1.54) is 0 Å². The van der Waals surface area contributed by atoms with Gasteiger partial charge in [0.2, 0.25) is 11.9 Å². The summed E-state index contributed by atoms with van der Waals surface area (Å²) in [4.78, 5) is 45.6. The molecule has 13 heteroatoms. The number of hydrogen-bond donors (Lipinski definition) is 3. The molecule has 0 radical (unpaired) electrons. The van der Waals surface area contributed by atoms with E-state index < -0.39 is 6.03 Å². The first-order valence-electron chi connectivity index (χ1n) is 14.6. The average Bonchev–Trinajstić information content (AvgIpc) is 3.32. The van der Waals surface area contributed by atoms with Crippen LogP contribution < -0.4 is 25.8 Å². The minimum Gasteiger partial charge on any atom is -0.380 e. The third-order valence-corrected chi connectivity index (χ3v) is 7.06. The van der Waals surface area contributed by atoms with Crippen molar-refractivity contribution >= 4 is 35.2 Å². The molecule has 2 aromatic carbocycles. The molecule has 3 amide bonds. The van der Waals surface area contributed by atoms with Crippen molar-refractivity contribution in [1.29, 1.82) is 0 Å². The fraction of sp³-hybridized carbons (Fsp3) is 0.433. The second kappa shape index (κ2) is 14.7. The Morgan fingerprint density at radius 3 is 1.93 bits per heavy atom. The lowest BCUT2D eigenvalue weighted by molar-refractivity contribution is 0.0951. The summed E-state index contributed by atoms with van der Waals surface area (Å²) in [5, 5.41) is 8.52. The number of morpholine rings is 1. The molecule has 0 spiro atoms. The zero-order chi connectivity index (χ0) is 30.0. The van der Waals surface area contributed by atoms with E-state index >= 15 is 0 Å². The molecule has 1 aromatic heterocycles. The molecule has 2 saturated heterocycles. The number of rotatable bonds is 9. The Bertz CT molecular complexity index is 1360. The van der Waals surface area contributed by atoms with Crippen molar-refractivity contribution in [1.82, 2.24) is 25.2 Å². The van der Waals surface area contributed by atoms with Crippen LogP contribution in [0.5, 0.6) is 0 Å². The van der Waals surface area contributed by atoms with Crippen molar-refractivity contribution in [3.8, 4) is 11.4 Å². The van der Waals surface area contributed by atoms with Crippen molar-refractivity contribution in [3.63, 3.8) is 0 Å². The Balaban J connectivity index is 1.23. The van der Waals surface area contributed by atoms with Gasteiger partial charge in [0.15, 0.2) is 5.82 Å². The Kier molecular flexibility index (Phi) is 10.3. The first-order chi connectivity index (χ1) is 20.9. The van der Waals surface area contributed by atoms with Crippen LogP contribution in [0.25, 0.3) is 11.4 Å². The van der Waals surface area contributed by atoms with Gasteiger partial charge in [-0.05, 0) is 69.0 Å². The molecule has 0 atom stereocenters. The van der Waals surface area contributed by atoms with Crippen LogP contribution in [0.4, 0.5) is 28.1 Å². The van der Waals surface area contributed by atoms with Crippen LogP contribution in [0.3, 0.4) is 0 Å². The van der Waals surface area contributed by atoms with Crippen LogP contribution >= 0.6 is 0 Å². The SMILES string of the molecule is CN(C)CCNC(=O)c1ccc(NC(=O)Nc2ccc(-c3nc(N4CCCOCC4)nc(N4CCOCC4)n3)cc2)cc1. The molecule has 3 heterocycles. The van der Waals surface area contributed by atoms with E-state index in [2.05, 4.69) is 25.8 Å². The van der Waals surface area contributed by atoms with E-state index in [-0.39, 0.29) is 5.91 Å². The zero-order valence-electron chi connectivity index (χ0n) is 24.7. The molecular weight excluding hydrogens is 550 g/mol. The second-order valence-electron chi connectivity index (χ2n) is 10.6. The molecule has 3 N–H and O–H groups in total. The maximum Gasteiger partial charge on any atom is 0.323 e. The lowest BCUT2D eigenvalue weighted by Crippen LogP contribution is -2.38. The minimum atomic E-state index is -0.392. The third-order valence-electron chi connectivity index (χ3n) is 7.06. The quantitative estimate of drug-likeness (QED) is 0.342. The number of amides is 3. The summed E-state index contributed by atoms with van der Waals surface area (Å²) in [6, 6.07) is 13.8. The van der Waals surface area contributed by atoms with Gasteiger partial charge < -0.3 is 40.1 Å². The van der Waals surface area contributed by atoms with Gasteiger partial charge in [0.25, 0.3) is 5.91 Å². The standard InChI is InChI=1S/C30H39N9O4/c1-37(2)14-12-31-27(40)23-6-10-25(11-7-23)33-30(41)32-24-8-4-22(5-9-24)26-34-28(38-13-3-18-42-19-15-38)36-29(35-26)39-16-20-43-21-17-39/h4-11H,3,12-21H2,1-2H3,(H,31,40)(H2,32,33,41). The van der Waals surface area contributed by atoms with Gasteiger partial charge in [0, 0.05) is 68.4 Å². The van der Waals surface area contributed by atoms with E-state index in [0.717, 1.165) is 51.3 Å². The number of carbonyl (C=O) groups is 2. The van der Waals surface area contributed by atoms with Gasteiger partial charge >= 0.3 is 6.03 Å². The average molecular weight is 590 g/mol. The molecule has 43 heavy (non-hydrogen) atoms. The Morgan fingerprint density at radius 1 is 0.767 bits per heavy atom. The van der Waals surface area contributed by atoms with Crippen LogP contribution in [-0.4, -0.2) is 112 Å². The predicted molar refractivity (Wildman–Crippen MR) is 166 cm³/mol. The van der Waals surface area contributed by atoms with Crippen molar-refractivity contribution in [3.05, 3.63) is 54.1 Å². The highest BCUT2D eigenvalue weighted by Gasteiger charge is 2.21. The lowest BCUT2D eigenvalue weighted by atomic mass is 10.2. The third kappa shape index (κ3) is 8.60. The van der Waals surface area contributed by atoms with Crippen molar-refractivity contribution in [2.24, 2.45) is 0 Å². The van der Waals surface area contributed by atoms with Crippen molar-refractivity contribution < 1.29 is 19.1 Å². The van der Waals surface area contributed by atoms with Crippen LogP contribution in [0.2, 0.25) is 0 Å². The number of nitrogens with zero attached hydrogens (tertiary/aromatic N) is 6. The summed E-state index contributed by atoms with van der Waals surface area (Å²) in [7, 11) is 3.90. The monoisotopic (exact) mass is 589 g/mol. The maximum atomic E-state index is 12.7. The largest absolute Gasteiger partial charge is 0.380 e. The Morgan fingerprint density at radius 2 is 1.33 bits per heavy atom. The summed E-state index contributed by atoms with van der Waals surface area (Å²) in [6.07, 6.45) is 0.910. The van der Waals surface area contributed by atoms with Crippen LogP contribution in [0, 0.1) is 0 Å². The van der Waals surface area contributed by atoms with Gasteiger partial charge in [0.05, 0.1) is 19.8 Å². The highest BCUT2D eigenvalue weighted by molar-refractivity contribution is 6.00. The van der Waals surface area contributed by atoms with E-state index in [4.69, 9.17) is 24.4 Å². The van der Waals surface area contributed by atoms with E-state index in [1.807, 2.05) is 43.3 Å². The van der Waals surface area contributed by atoms with E-state index in [9.17, 15) is 9.59 Å². The number of ether oxygens (including phenoxy) is 2. The highest BCUT2D eigenvalue weighted by atomic mass is 16.5. The molecular formula is C30H39N9O4. The van der Waals surface area contributed by atoms with E-state index in [1.54, 1.807) is 24.3 Å². The van der Waals surface area contributed by atoms with Crippen molar-refractivity contribution in [2.75, 3.05) is 100 Å². The van der Waals surface area contributed by atoms with Gasteiger partial charge in [0.1, 0.15) is 0 Å².